The smallest absolute Gasteiger partial charge is 0.0976 e. The van der Waals surface area contributed by atoms with Crippen LogP contribution in [0.2, 0.25) is 0 Å². The van der Waals surface area contributed by atoms with E-state index in [2.05, 4.69) is 64.2 Å². The minimum absolute atomic E-state index is 0. The highest BCUT2D eigenvalue weighted by atomic mass is 79.9. The van der Waals surface area contributed by atoms with Crippen molar-refractivity contribution in [3.8, 4) is 0 Å². The number of benzene rings is 2. The lowest BCUT2D eigenvalue weighted by molar-refractivity contribution is -0.0285. The molecule has 1 aliphatic heterocycles. The van der Waals surface area contributed by atoms with Gasteiger partial charge in [0.2, 0.25) is 0 Å². The fourth-order valence-corrected chi connectivity index (χ4v) is 4.16. The van der Waals surface area contributed by atoms with Crippen LogP contribution < -0.4 is 0 Å². The molecule has 1 saturated heterocycles. The van der Waals surface area contributed by atoms with E-state index in [9.17, 15) is 5.11 Å². The maximum Gasteiger partial charge on any atom is 0.0976 e. The summed E-state index contributed by atoms with van der Waals surface area (Å²) < 4.78 is 6.54. The van der Waals surface area contributed by atoms with Gasteiger partial charge in [-0.05, 0) is 29.7 Å². The van der Waals surface area contributed by atoms with Crippen molar-refractivity contribution in [2.45, 2.75) is 31.3 Å². The molecule has 2 aromatic carbocycles. The van der Waals surface area contributed by atoms with Crippen molar-refractivity contribution in [2.75, 3.05) is 32.8 Å². The zero-order chi connectivity index (χ0) is 18.4. The van der Waals surface area contributed by atoms with Gasteiger partial charge in [-0.15, -0.1) is 12.4 Å². The van der Waals surface area contributed by atoms with Gasteiger partial charge in [0.1, 0.15) is 0 Å². The van der Waals surface area contributed by atoms with Crippen molar-refractivity contribution in [3.63, 3.8) is 0 Å². The monoisotopic (exact) mass is 453 g/mol. The van der Waals surface area contributed by atoms with Crippen LogP contribution in [0.3, 0.4) is 0 Å². The Morgan fingerprint density at radius 3 is 2.30 bits per heavy atom. The summed E-state index contributed by atoms with van der Waals surface area (Å²) in [5, 5.41) is 11.9. The summed E-state index contributed by atoms with van der Waals surface area (Å²) in [6.07, 6.45) is 1.66. The minimum atomic E-state index is -0.894. The highest BCUT2D eigenvalue weighted by Gasteiger charge is 2.39. The number of nitrogens with zero attached hydrogens (tertiary/aromatic N) is 1. The summed E-state index contributed by atoms with van der Waals surface area (Å²) in [6.45, 7) is 6.36. The number of aliphatic hydroxyl groups is 1. The molecule has 1 fully saturated rings. The summed E-state index contributed by atoms with van der Waals surface area (Å²) in [4.78, 5) is 2.42. The Kier molecular flexibility index (Phi) is 8.77. The molecule has 0 spiro atoms. The Bertz CT molecular complexity index is 676. The molecule has 0 saturated carbocycles. The van der Waals surface area contributed by atoms with Crippen molar-refractivity contribution in [1.82, 2.24) is 4.90 Å². The van der Waals surface area contributed by atoms with E-state index in [0.29, 0.717) is 0 Å². The Morgan fingerprint density at radius 2 is 1.70 bits per heavy atom. The van der Waals surface area contributed by atoms with E-state index in [-0.39, 0.29) is 18.3 Å². The van der Waals surface area contributed by atoms with Crippen LogP contribution in [0.25, 0.3) is 0 Å². The largest absolute Gasteiger partial charge is 0.384 e. The van der Waals surface area contributed by atoms with E-state index in [4.69, 9.17) is 4.74 Å². The maximum absolute atomic E-state index is 11.9. The van der Waals surface area contributed by atoms with Gasteiger partial charge in [0.15, 0.2) is 0 Å². The Morgan fingerprint density at radius 1 is 1.07 bits per heavy atom. The summed E-state index contributed by atoms with van der Waals surface area (Å²) in [5.41, 5.74) is 1.29. The molecule has 2 aromatic rings. The normalized spacial score (nSPS) is 18.3. The molecule has 27 heavy (non-hydrogen) atoms. The molecular weight excluding hydrogens is 426 g/mol. The number of hydrogen-bond donors (Lipinski definition) is 1. The van der Waals surface area contributed by atoms with Gasteiger partial charge in [0.25, 0.3) is 0 Å². The molecule has 3 nitrogen and oxygen atoms in total. The SMILES string of the molecule is CCCC(O)(c1ccc(Br)cc1)C(CN1CCOCC1)c1ccccc1.Cl. The molecule has 2 unspecified atom stereocenters. The zero-order valence-electron chi connectivity index (χ0n) is 15.8. The molecule has 0 aromatic heterocycles. The third-order valence-electron chi connectivity index (χ3n) is 5.30. The lowest BCUT2D eigenvalue weighted by Crippen LogP contribution is -2.45. The number of hydrogen-bond acceptors (Lipinski definition) is 3. The molecule has 1 N–H and O–H groups in total. The van der Waals surface area contributed by atoms with Crippen molar-refractivity contribution < 1.29 is 9.84 Å². The molecule has 2 atom stereocenters. The lowest BCUT2D eigenvalue weighted by Gasteiger charge is -2.41. The van der Waals surface area contributed by atoms with Gasteiger partial charge in [-0.25, -0.2) is 0 Å². The summed E-state index contributed by atoms with van der Waals surface area (Å²) in [6, 6.07) is 18.6. The first-order chi connectivity index (χ1) is 12.6. The Hall–Kier alpha value is -0.910. The zero-order valence-corrected chi connectivity index (χ0v) is 18.2. The predicted octanol–water partition coefficient (Wildman–Crippen LogP) is 4.97. The number of rotatable bonds is 7. The van der Waals surface area contributed by atoms with Gasteiger partial charge >= 0.3 is 0 Å². The van der Waals surface area contributed by atoms with Crippen molar-refractivity contribution in [1.29, 1.82) is 0 Å². The molecular formula is C22H29BrClNO2. The fraction of sp³-hybridized carbons (Fsp3) is 0.455. The summed E-state index contributed by atoms with van der Waals surface area (Å²) >= 11 is 3.51. The number of morpholine rings is 1. The van der Waals surface area contributed by atoms with E-state index < -0.39 is 5.60 Å². The van der Waals surface area contributed by atoms with E-state index in [1.807, 2.05) is 18.2 Å². The van der Waals surface area contributed by atoms with E-state index in [1.165, 1.54) is 5.56 Å². The second-order valence-corrected chi connectivity index (χ2v) is 7.97. The molecule has 0 aliphatic carbocycles. The first kappa shape index (κ1) is 22.4. The second-order valence-electron chi connectivity index (χ2n) is 7.06. The van der Waals surface area contributed by atoms with Crippen LogP contribution in [-0.4, -0.2) is 42.9 Å². The molecule has 148 valence electrons. The molecule has 5 heteroatoms. The van der Waals surface area contributed by atoms with Gasteiger partial charge in [0, 0.05) is 30.0 Å². The number of halogens is 2. The van der Waals surface area contributed by atoms with Gasteiger partial charge in [-0.3, -0.25) is 4.90 Å². The quantitative estimate of drug-likeness (QED) is 0.641. The van der Waals surface area contributed by atoms with Gasteiger partial charge in [-0.2, -0.15) is 0 Å². The molecule has 0 bridgehead atoms. The van der Waals surface area contributed by atoms with Crippen LogP contribution in [0.15, 0.2) is 59.1 Å². The average molecular weight is 455 g/mol. The van der Waals surface area contributed by atoms with Crippen LogP contribution in [0.5, 0.6) is 0 Å². The molecule has 0 radical (unpaired) electrons. The summed E-state index contributed by atoms with van der Waals surface area (Å²) in [5.74, 6) is 0.0166. The first-order valence-electron chi connectivity index (χ1n) is 9.47. The second kappa shape index (κ2) is 10.6. The third kappa shape index (κ3) is 5.55. The van der Waals surface area contributed by atoms with Crippen molar-refractivity contribution >= 4 is 28.3 Å². The Balaban J connectivity index is 0.00000261. The van der Waals surface area contributed by atoms with E-state index in [1.54, 1.807) is 0 Å². The Labute approximate surface area is 177 Å². The highest BCUT2D eigenvalue weighted by molar-refractivity contribution is 9.10. The topological polar surface area (TPSA) is 32.7 Å². The molecule has 0 amide bonds. The van der Waals surface area contributed by atoms with E-state index >= 15 is 0 Å². The van der Waals surface area contributed by atoms with Crippen LogP contribution in [0.4, 0.5) is 0 Å². The predicted molar refractivity (Wildman–Crippen MR) is 117 cm³/mol. The average Bonchev–Trinajstić information content (AvgIpc) is 2.68. The number of ether oxygens (including phenoxy) is 1. The minimum Gasteiger partial charge on any atom is -0.384 e. The standard InChI is InChI=1S/C22H28BrNO2.ClH/c1-2-12-22(25,19-8-10-20(23)11-9-19)21(18-6-4-3-5-7-18)17-24-13-15-26-16-14-24;/h3-11,21,25H,2,12-17H2,1H3;1H. The van der Waals surface area contributed by atoms with Crippen LogP contribution in [0.1, 0.15) is 36.8 Å². The van der Waals surface area contributed by atoms with Crippen molar-refractivity contribution in [2.24, 2.45) is 0 Å². The van der Waals surface area contributed by atoms with E-state index in [0.717, 1.165) is 55.7 Å². The fourth-order valence-electron chi connectivity index (χ4n) is 3.90. The molecule has 1 heterocycles. The van der Waals surface area contributed by atoms with Crippen molar-refractivity contribution in [3.05, 3.63) is 70.2 Å². The van der Waals surface area contributed by atoms with Gasteiger partial charge in [0.05, 0.1) is 18.8 Å². The lowest BCUT2D eigenvalue weighted by atomic mass is 9.74. The third-order valence-corrected chi connectivity index (χ3v) is 5.83. The molecule has 1 aliphatic rings. The first-order valence-corrected chi connectivity index (χ1v) is 10.3. The highest BCUT2D eigenvalue weighted by Crippen LogP contribution is 2.41. The molecule has 3 rings (SSSR count). The van der Waals surface area contributed by atoms with Crippen LogP contribution in [0, 0.1) is 0 Å². The van der Waals surface area contributed by atoms with Crippen LogP contribution in [-0.2, 0) is 10.3 Å². The van der Waals surface area contributed by atoms with Gasteiger partial charge in [-0.1, -0.05) is 71.7 Å². The van der Waals surface area contributed by atoms with Gasteiger partial charge < -0.3 is 9.84 Å². The van der Waals surface area contributed by atoms with Crippen LogP contribution >= 0.6 is 28.3 Å². The summed E-state index contributed by atoms with van der Waals surface area (Å²) in [7, 11) is 0. The maximum atomic E-state index is 11.9.